The van der Waals surface area contributed by atoms with Crippen molar-refractivity contribution in [2.45, 2.75) is 60.6 Å². The van der Waals surface area contributed by atoms with E-state index in [4.69, 9.17) is 0 Å². The van der Waals surface area contributed by atoms with Gasteiger partial charge in [0.1, 0.15) is 5.82 Å². The third-order valence-corrected chi connectivity index (χ3v) is 7.54. The number of aliphatic hydroxyl groups is 1. The number of nitrogens with one attached hydrogen (secondary N) is 1. The quantitative estimate of drug-likeness (QED) is 0.526. The van der Waals surface area contributed by atoms with Crippen LogP contribution in [-0.4, -0.2) is 32.1 Å². The molecule has 2 aliphatic rings. The second-order valence-corrected chi connectivity index (χ2v) is 9.96. The Hall–Kier alpha value is -2.32. The van der Waals surface area contributed by atoms with E-state index in [1.807, 2.05) is 13.0 Å². The van der Waals surface area contributed by atoms with E-state index in [1.54, 1.807) is 55.2 Å². The van der Waals surface area contributed by atoms with Crippen LogP contribution >= 0.6 is 11.8 Å². The van der Waals surface area contributed by atoms with E-state index < -0.39 is 17.8 Å². The summed E-state index contributed by atoms with van der Waals surface area (Å²) in [7, 11) is 0. The predicted molar refractivity (Wildman–Crippen MR) is 115 cm³/mol. The zero-order valence-electron chi connectivity index (χ0n) is 17.1. The van der Waals surface area contributed by atoms with Crippen LogP contribution in [0.5, 0.6) is 0 Å². The number of rotatable bonds is 2. The molecular formula is C23H22F3N3OS. The molecule has 31 heavy (non-hydrogen) atoms. The van der Waals surface area contributed by atoms with Gasteiger partial charge in [-0.2, -0.15) is 13.2 Å². The highest BCUT2D eigenvalue weighted by Crippen LogP contribution is 2.57. The molecule has 0 saturated carbocycles. The summed E-state index contributed by atoms with van der Waals surface area (Å²) < 4.78 is 43.0. The lowest BCUT2D eigenvalue weighted by Gasteiger charge is -2.48. The van der Waals surface area contributed by atoms with Crippen LogP contribution in [0.1, 0.15) is 48.7 Å². The normalized spacial score (nSPS) is 27.7. The second kappa shape index (κ2) is 7.10. The molecule has 5 rings (SSSR count). The molecule has 4 nitrogen and oxygen atoms in total. The molecular weight excluding hydrogens is 423 g/mol. The first-order chi connectivity index (χ1) is 14.7. The van der Waals surface area contributed by atoms with E-state index in [-0.39, 0.29) is 17.6 Å². The first-order valence-electron chi connectivity index (χ1n) is 10.2. The van der Waals surface area contributed by atoms with Crippen molar-refractivity contribution in [3.05, 3.63) is 59.5 Å². The molecule has 0 spiro atoms. The van der Waals surface area contributed by atoms with Gasteiger partial charge in [0, 0.05) is 27.4 Å². The summed E-state index contributed by atoms with van der Waals surface area (Å²) in [6, 6.07) is 9.37. The maximum atomic E-state index is 14.3. The van der Waals surface area contributed by atoms with Crippen molar-refractivity contribution in [2.75, 3.05) is 5.32 Å². The molecule has 1 aromatic heterocycles. The molecule has 1 aliphatic carbocycles. The van der Waals surface area contributed by atoms with E-state index in [0.717, 1.165) is 10.5 Å². The number of alkyl halides is 3. The zero-order valence-corrected chi connectivity index (χ0v) is 17.9. The summed E-state index contributed by atoms with van der Waals surface area (Å²) in [6.07, 6.45) is -2.93. The molecule has 0 saturated heterocycles. The van der Waals surface area contributed by atoms with Gasteiger partial charge in [0.15, 0.2) is 5.60 Å². The van der Waals surface area contributed by atoms with Crippen LogP contribution in [-0.2, 0) is 0 Å². The number of aryl methyl sites for hydroxylation is 1. The maximum Gasteiger partial charge on any atom is 0.419 e. The molecule has 0 bridgehead atoms. The number of nitrogens with zero attached hydrogens (tertiary/aromatic N) is 2. The summed E-state index contributed by atoms with van der Waals surface area (Å²) in [6.45, 7) is 3.79. The lowest BCUT2D eigenvalue weighted by atomic mass is 9.69. The number of thioether (sulfide) groups is 1. The van der Waals surface area contributed by atoms with Crippen molar-refractivity contribution in [1.82, 2.24) is 9.97 Å². The van der Waals surface area contributed by atoms with Gasteiger partial charge in [-0.15, -0.1) is 11.8 Å². The molecule has 1 aliphatic heterocycles. The number of hydrogen-bond donors (Lipinski definition) is 2. The Balaban J connectivity index is 1.68. The van der Waals surface area contributed by atoms with Crippen LogP contribution in [0.25, 0.3) is 10.9 Å². The van der Waals surface area contributed by atoms with Crippen LogP contribution in [0, 0.1) is 6.92 Å². The number of benzene rings is 2. The summed E-state index contributed by atoms with van der Waals surface area (Å²) in [5, 5.41) is 15.0. The molecule has 4 atom stereocenters. The summed E-state index contributed by atoms with van der Waals surface area (Å²) in [5.74, 6) is 0.255. The fourth-order valence-corrected chi connectivity index (χ4v) is 6.31. The van der Waals surface area contributed by atoms with Gasteiger partial charge >= 0.3 is 6.18 Å². The van der Waals surface area contributed by atoms with Gasteiger partial charge in [0.25, 0.3) is 0 Å². The number of hydrogen-bond acceptors (Lipinski definition) is 5. The maximum absolute atomic E-state index is 14.3. The summed E-state index contributed by atoms with van der Waals surface area (Å²) in [5.41, 5.74) is -0.333. The highest BCUT2D eigenvalue weighted by molar-refractivity contribution is 8.00. The van der Waals surface area contributed by atoms with E-state index in [9.17, 15) is 18.3 Å². The average Bonchev–Trinajstić information content (AvgIpc) is 2.69. The fraction of sp³-hybridized carbons (Fsp3) is 0.391. The van der Waals surface area contributed by atoms with Gasteiger partial charge in [-0.25, -0.2) is 9.97 Å². The lowest BCUT2D eigenvalue weighted by Crippen LogP contribution is -2.56. The van der Waals surface area contributed by atoms with Gasteiger partial charge < -0.3 is 10.4 Å². The van der Waals surface area contributed by atoms with Crippen molar-refractivity contribution >= 4 is 28.4 Å². The predicted octanol–water partition coefficient (Wildman–Crippen LogP) is 5.76. The van der Waals surface area contributed by atoms with Crippen LogP contribution in [0.3, 0.4) is 0 Å². The number of anilines is 1. The number of halogens is 3. The third-order valence-electron chi connectivity index (χ3n) is 6.34. The van der Waals surface area contributed by atoms with Crippen molar-refractivity contribution in [2.24, 2.45) is 0 Å². The summed E-state index contributed by atoms with van der Waals surface area (Å²) >= 11 is 1.69. The van der Waals surface area contributed by atoms with Crippen molar-refractivity contribution < 1.29 is 18.3 Å². The van der Waals surface area contributed by atoms with E-state index in [2.05, 4.69) is 15.3 Å². The molecule has 3 aromatic rings. The highest BCUT2D eigenvalue weighted by atomic mass is 32.2. The Kier molecular flexibility index (Phi) is 4.71. The smallest absolute Gasteiger partial charge is 0.379 e. The van der Waals surface area contributed by atoms with Gasteiger partial charge in [0.2, 0.25) is 0 Å². The van der Waals surface area contributed by atoms with Gasteiger partial charge in [-0.3, -0.25) is 0 Å². The van der Waals surface area contributed by atoms with Crippen LogP contribution < -0.4 is 5.32 Å². The monoisotopic (exact) mass is 445 g/mol. The van der Waals surface area contributed by atoms with Crippen molar-refractivity contribution in [3.8, 4) is 0 Å². The Morgan fingerprint density at radius 3 is 2.74 bits per heavy atom. The molecule has 0 fully saturated rings. The number of fused-ring (bicyclic) bond motifs is 1. The minimum absolute atomic E-state index is 0.202. The van der Waals surface area contributed by atoms with E-state index >= 15 is 0 Å². The zero-order chi connectivity index (χ0) is 22.0. The molecule has 2 N–H and O–H groups in total. The fourth-order valence-electron chi connectivity index (χ4n) is 4.98. The molecule has 2 aromatic carbocycles. The molecule has 4 unspecified atom stereocenters. The first-order valence-corrected chi connectivity index (χ1v) is 11.1. The standard InChI is InChI=1S/C23H22F3N3OS/c1-12-9-14-10-22(30,23(24,25)26)21(15-5-3-8-19(31-12)20(14)15)29-18-7-4-6-17-16(18)11-27-13(2)28-17/h3-8,11-12,14,21,29-30H,9-10H2,1-2H3. The minimum Gasteiger partial charge on any atom is -0.379 e. The first kappa shape index (κ1) is 20.6. The second-order valence-electron chi connectivity index (χ2n) is 8.48. The lowest BCUT2D eigenvalue weighted by molar-refractivity contribution is -0.273. The van der Waals surface area contributed by atoms with E-state index in [0.29, 0.717) is 34.4 Å². The number of aromatic nitrogens is 2. The Morgan fingerprint density at radius 1 is 1.19 bits per heavy atom. The Bertz CT molecular complexity index is 1170. The van der Waals surface area contributed by atoms with Crippen molar-refractivity contribution in [1.29, 1.82) is 0 Å². The summed E-state index contributed by atoms with van der Waals surface area (Å²) in [4.78, 5) is 9.59. The van der Waals surface area contributed by atoms with Gasteiger partial charge in [-0.05, 0) is 55.0 Å². The van der Waals surface area contributed by atoms with Crippen molar-refractivity contribution in [3.63, 3.8) is 0 Å². The topological polar surface area (TPSA) is 58.0 Å². The molecule has 8 heteroatoms. The van der Waals surface area contributed by atoms with Crippen LogP contribution in [0.4, 0.5) is 18.9 Å². The van der Waals surface area contributed by atoms with E-state index in [1.165, 1.54) is 0 Å². The molecule has 162 valence electrons. The van der Waals surface area contributed by atoms with Crippen LogP contribution in [0.15, 0.2) is 47.5 Å². The highest BCUT2D eigenvalue weighted by Gasteiger charge is 2.62. The Morgan fingerprint density at radius 2 is 1.97 bits per heavy atom. The third kappa shape index (κ3) is 3.27. The van der Waals surface area contributed by atoms with Gasteiger partial charge in [0.05, 0.1) is 11.6 Å². The molecule has 0 radical (unpaired) electrons. The Labute approximate surface area is 182 Å². The molecule has 2 heterocycles. The van der Waals surface area contributed by atoms with Gasteiger partial charge in [-0.1, -0.05) is 25.1 Å². The molecule has 0 amide bonds. The SMILES string of the molecule is Cc1ncc2c(NC3c4cccc5c4C(CC(C)S5)CC3(O)C(F)(F)F)cccc2n1. The largest absolute Gasteiger partial charge is 0.419 e. The average molecular weight is 446 g/mol. The minimum atomic E-state index is -4.79. The van der Waals surface area contributed by atoms with Crippen LogP contribution in [0.2, 0.25) is 0 Å².